The molecule has 0 fully saturated rings. The van der Waals surface area contributed by atoms with Crippen LogP contribution in [0.2, 0.25) is 0 Å². The van der Waals surface area contributed by atoms with Gasteiger partial charge in [-0.3, -0.25) is 0 Å². The van der Waals surface area contributed by atoms with Gasteiger partial charge in [0.15, 0.2) is 5.96 Å². The molecule has 0 saturated carbocycles. The molecule has 2 N–H and O–H groups in total. The molecular weight excluding hydrogens is 374 g/mol. The summed E-state index contributed by atoms with van der Waals surface area (Å²) in [5.74, 6) is 1.72. The minimum Gasteiger partial charge on any atom is -0.357 e. The number of nitrogens with one attached hydrogen (secondary N) is 2. The number of hydrogen-bond donors (Lipinski definition) is 2. The van der Waals surface area contributed by atoms with Crippen LogP contribution in [0.15, 0.2) is 47.7 Å². The van der Waals surface area contributed by atoms with E-state index < -0.39 is 9.84 Å². The van der Waals surface area contributed by atoms with Gasteiger partial charge in [-0.05, 0) is 32.3 Å². The lowest BCUT2D eigenvalue weighted by Gasteiger charge is -2.17. The summed E-state index contributed by atoms with van der Waals surface area (Å²) < 4.78 is 24.8. The molecule has 0 saturated heterocycles. The third-order valence-electron chi connectivity index (χ3n) is 4.31. The lowest BCUT2D eigenvalue weighted by atomic mass is 10.1. The van der Waals surface area contributed by atoms with E-state index in [4.69, 9.17) is 0 Å². The Morgan fingerprint density at radius 3 is 2.71 bits per heavy atom. The highest BCUT2D eigenvalue weighted by atomic mass is 32.2. The number of rotatable bonds is 10. The van der Waals surface area contributed by atoms with E-state index in [1.54, 1.807) is 6.20 Å². The summed E-state index contributed by atoms with van der Waals surface area (Å²) >= 11 is 0. The van der Waals surface area contributed by atoms with Gasteiger partial charge in [-0.1, -0.05) is 30.3 Å². The zero-order chi connectivity index (χ0) is 20.4. The maximum Gasteiger partial charge on any atom is 0.191 e. The largest absolute Gasteiger partial charge is 0.357 e. The van der Waals surface area contributed by atoms with Crippen molar-refractivity contribution in [2.75, 3.05) is 18.6 Å². The van der Waals surface area contributed by atoms with Gasteiger partial charge in [0.2, 0.25) is 0 Å². The molecular formula is C20H31N5O2S. The fourth-order valence-electron chi connectivity index (χ4n) is 2.76. The van der Waals surface area contributed by atoms with E-state index in [0.29, 0.717) is 18.9 Å². The average molecular weight is 406 g/mol. The molecule has 8 heteroatoms. The van der Waals surface area contributed by atoms with Crippen molar-refractivity contribution in [2.24, 2.45) is 4.99 Å². The highest BCUT2D eigenvalue weighted by Crippen LogP contribution is 2.05. The summed E-state index contributed by atoms with van der Waals surface area (Å²) in [5.41, 5.74) is 1.29. The minimum atomic E-state index is -2.96. The Morgan fingerprint density at radius 1 is 1.29 bits per heavy atom. The van der Waals surface area contributed by atoms with Crippen LogP contribution in [0, 0.1) is 0 Å². The highest BCUT2D eigenvalue weighted by molar-refractivity contribution is 7.90. The molecule has 0 amide bonds. The van der Waals surface area contributed by atoms with E-state index in [9.17, 15) is 8.42 Å². The van der Waals surface area contributed by atoms with Gasteiger partial charge in [-0.2, -0.15) is 0 Å². The van der Waals surface area contributed by atoms with Crippen LogP contribution in [-0.2, 0) is 29.3 Å². The molecule has 0 aliphatic rings. The first-order valence-corrected chi connectivity index (χ1v) is 11.7. The lowest BCUT2D eigenvalue weighted by Crippen LogP contribution is -2.42. The second-order valence-corrected chi connectivity index (χ2v) is 9.19. The minimum absolute atomic E-state index is 0.00495. The first kappa shape index (κ1) is 21.9. The predicted molar refractivity (Wildman–Crippen MR) is 114 cm³/mol. The number of sulfone groups is 1. The van der Waals surface area contributed by atoms with Crippen molar-refractivity contribution in [3.8, 4) is 0 Å². The molecule has 1 atom stereocenters. The highest BCUT2D eigenvalue weighted by Gasteiger charge is 2.10. The van der Waals surface area contributed by atoms with Crippen LogP contribution in [0.3, 0.4) is 0 Å². The first-order valence-electron chi connectivity index (χ1n) is 9.64. The van der Waals surface area contributed by atoms with Crippen molar-refractivity contribution in [3.05, 3.63) is 54.1 Å². The number of nitrogens with zero attached hydrogens (tertiary/aromatic N) is 3. The Hall–Kier alpha value is -2.35. The third kappa shape index (κ3) is 8.12. The van der Waals surface area contributed by atoms with Crippen molar-refractivity contribution in [1.82, 2.24) is 20.2 Å². The second kappa shape index (κ2) is 10.8. The molecule has 1 unspecified atom stereocenters. The lowest BCUT2D eigenvalue weighted by molar-refractivity contribution is 0.580. The van der Waals surface area contributed by atoms with Gasteiger partial charge in [0.1, 0.15) is 22.2 Å². The van der Waals surface area contributed by atoms with Gasteiger partial charge in [0.25, 0.3) is 0 Å². The first-order chi connectivity index (χ1) is 13.4. The molecule has 1 heterocycles. The summed E-state index contributed by atoms with van der Waals surface area (Å²) in [7, 11) is -2.96. The topological polar surface area (TPSA) is 88.4 Å². The Morgan fingerprint density at radius 2 is 2.04 bits per heavy atom. The average Bonchev–Trinajstić information content (AvgIpc) is 3.11. The van der Waals surface area contributed by atoms with Crippen molar-refractivity contribution in [3.63, 3.8) is 0 Å². The molecule has 0 radical (unpaired) electrons. The van der Waals surface area contributed by atoms with E-state index in [1.807, 2.05) is 38.2 Å². The van der Waals surface area contributed by atoms with Gasteiger partial charge in [-0.15, -0.1) is 0 Å². The Labute approximate surface area is 168 Å². The third-order valence-corrected chi connectivity index (χ3v) is 5.29. The zero-order valence-corrected chi connectivity index (χ0v) is 17.7. The van der Waals surface area contributed by atoms with Crippen LogP contribution in [0.5, 0.6) is 0 Å². The zero-order valence-electron chi connectivity index (χ0n) is 16.9. The standard InChI is InChI=1S/C20H31N5O2S/c1-4-21-20(24-17(2)11-15-28(3,26)27)23-16-19-22-12-14-25(19)13-10-18-8-6-5-7-9-18/h5-9,12,14,17H,4,10-11,13,15-16H2,1-3H3,(H2,21,23,24). The molecule has 0 aliphatic carbocycles. The Balaban J connectivity index is 1.94. The Kier molecular flexibility index (Phi) is 8.50. The van der Waals surface area contributed by atoms with Crippen molar-refractivity contribution in [1.29, 1.82) is 0 Å². The number of aromatic nitrogens is 2. The van der Waals surface area contributed by atoms with Crippen molar-refractivity contribution >= 4 is 15.8 Å². The summed E-state index contributed by atoms with van der Waals surface area (Å²) in [5, 5.41) is 6.47. The van der Waals surface area contributed by atoms with Crippen LogP contribution in [0.1, 0.15) is 31.7 Å². The van der Waals surface area contributed by atoms with Gasteiger partial charge < -0.3 is 15.2 Å². The summed E-state index contributed by atoms with van der Waals surface area (Å²) in [6.07, 6.45) is 6.51. The van der Waals surface area contributed by atoms with E-state index in [2.05, 4.69) is 37.3 Å². The molecule has 0 aliphatic heterocycles. The second-order valence-electron chi connectivity index (χ2n) is 6.93. The van der Waals surface area contributed by atoms with Crippen LogP contribution < -0.4 is 10.6 Å². The number of imidazole rings is 1. The maximum atomic E-state index is 11.3. The van der Waals surface area contributed by atoms with E-state index >= 15 is 0 Å². The van der Waals surface area contributed by atoms with Crippen LogP contribution in [0.25, 0.3) is 0 Å². The van der Waals surface area contributed by atoms with Gasteiger partial charge in [-0.25, -0.2) is 18.4 Å². The molecule has 154 valence electrons. The van der Waals surface area contributed by atoms with Crippen LogP contribution >= 0.6 is 0 Å². The number of aryl methyl sites for hydroxylation is 2. The maximum absolute atomic E-state index is 11.3. The Bertz CT molecular complexity index is 846. The monoisotopic (exact) mass is 405 g/mol. The van der Waals surface area contributed by atoms with E-state index in [-0.39, 0.29) is 11.8 Å². The number of aliphatic imine (C=N–C) groups is 1. The summed E-state index contributed by atoms with van der Waals surface area (Å²) in [6, 6.07) is 10.4. The van der Waals surface area contributed by atoms with Crippen molar-refractivity contribution < 1.29 is 8.42 Å². The molecule has 0 spiro atoms. The molecule has 0 bridgehead atoms. The number of hydrogen-bond acceptors (Lipinski definition) is 4. The quantitative estimate of drug-likeness (QED) is 0.466. The fraction of sp³-hybridized carbons (Fsp3) is 0.500. The van der Waals surface area contributed by atoms with E-state index in [0.717, 1.165) is 25.3 Å². The van der Waals surface area contributed by atoms with Gasteiger partial charge in [0, 0.05) is 37.8 Å². The number of guanidine groups is 1. The fourth-order valence-corrected chi connectivity index (χ4v) is 3.54. The van der Waals surface area contributed by atoms with Crippen molar-refractivity contribution in [2.45, 2.75) is 45.8 Å². The molecule has 1 aromatic carbocycles. The molecule has 7 nitrogen and oxygen atoms in total. The summed E-state index contributed by atoms with van der Waals surface area (Å²) in [4.78, 5) is 9.05. The number of benzene rings is 1. The molecule has 28 heavy (non-hydrogen) atoms. The van der Waals surface area contributed by atoms with E-state index in [1.165, 1.54) is 11.8 Å². The molecule has 1 aromatic heterocycles. The van der Waals surface area contributed by atoms with Gasteiger partial charge in [0.05, 0.1) is 5.75 Å². The predicted octanol–water partition coefficient (Wildman–Crippen LogP) is 2.00. The van der Waals surface area contributed by atoms with Crippen LogP contribution in [0.4, 0.5) is 0 Å². The van der Waals surface area contributed by atoms with Crippen LogP contribution in [-0.4, -0.2) is 48.5 Å². The molecule has 2 rings (SSSR count). The summed E-state index contributed by atoms with van der Waals surface area (Å²) in [6.45, 7) is 5.99. The normalized spacial score (nSPS) is 13.3. The molecule has 2 aromatic rings. The SMILES string of the molecule is CCNC(=NCc1nccn1CCc1ccccc1)NC(C)CCS(C)(=O)=O. The van der Waals surface area contributed by atoms with Gasteiger partial charge >= 0.3 is 0 Å². The smallest absolute Gasteiger partial charge is 0.191 e.